The van der Waals surface area contributed by atoms with Crippen molar-refractivity contribution in [3.63, 3.8) is 0 Å². The fourth-order valence-electron chi connectivity index (χ4n) is 2.55. The molecule has 150 valence electrons. The lowest BCUT2D eigenvalue weighted by molar-refractivity contribution is -0.120. The normalized spacial score (nSPS) is 10.4. The molecule has 1 N–H and O–H groups in total. The van der Waals surface area contributed by atoms with E-state index in [0.717, 1.165) is 0 Å². The van der Waals surface area contributed by atoms with Crippen molar-refractivity contribution in [3.8, 4) is 23.0 Å². The zero-order chi connectivity index (χ0) is 20.5. The van der Waals surface area contributed by atoms with Gasteiger partial charge in [-0.1, -0.05) is 6.92 Å². The Kier molecular flexibility index (Phi) is 7.80. The number of hydrogen-bond donors (Lipinski definition) is 1. The molecule has 0 saturated carbocycles. The summed E-state index contributed by atoms with van der Waals surface area (Å²) in [5.41, 5.74) is 0.836. The molecule has 0 spiro atoms. The van der Waals surface area contributed by atoms with Crippen molar-refractivity contribution >= 4 is 12.3 Å². The number of Topliss-reactive ketones (excluding diaryl/α,β-unsaturated/α-hetero) is 1. The van der Waals surface area contributed by atoms with Crippen LogP contribution < -0.4 is 14.2 Å². The van der Waals surface area contributed by atoms with E-state index in [4.69, 9.17) is 9.47 Å². The molecule has 0 bridgehead atoms. The molecule has 2 aromatic rings. The average molecular weight is 390 g/mol. The SMILES string of the molecule is CCC(=O)c1ccc(OCCCCOc2ccc(F)c(OC=O)c2)c(C)c1O. The topological polar surface area (TPSA) is 82.1 Å². The van der Waals surface area contributed by atoms with Crippen LogP contribution in [0.3, 0.4) is 0 Å². The number of aromatic hydroxyl groups is 1. The summed E-state index contributed by atoms with van der Waals surface area (Å²) in [5, 5.41) is 10.1. The Morgan fingerprint density at radius 1 is 1.11 bits per heavy atom. The lowest BCUT2D eigenvalue weighted by atomic mass is 10.0. The van der Waals surface area contributed by atoms with Crippen molar-refractivity contribution in [2.75, 3.05) is 13.2 Å². The van der Waals surface area contributed by atoms with Gasteiger partial charge in [0.25, 0.3) is 6.47 Å². The maximum Gasteiger partial charge on any atom is 0.298 e. The molecule has 0 heterocycles. The maximum absolute atomic E-state index is 13.4. The second-order valence-corrected chi connectivity index (χ2v) is 6.07. The van der Waals surface area contributed by atoms with E-state index in [1.807, 2.05) is 0 Å². The van der Waals surface area contributed by atoms with Gasteiger partial charge >= 0.3 is 0 Å². The number of carbonyl (C=O) groups is 2. The van der Waals surface area contributed by atoms with Gasteiger partial charge in [-0.2, -0.15) is 0 Å². The van der Waals surface area contributed by atoms with Crippen LogP contribution in [-0.2, 0) is 4.79 Å². The Hall–Kier alpha value is -3.09. The molecule has 0 saturated heterocycles. The Bertz CT molecular complexity index is 834. The van der Waals surface area contributed by atoms with E-state index in [0.29, 0.717) is 55.1 Å². The molecular formula is C21H23FO6. The number of ether oxygens (including phenoxy) is 3. The molecule has 7 heteroatoms. The summed E-state index contributed by atoms with van der Waals surface area (Å²) >= 11 is 0. The van der Waals surface area contributed by atoms with Crippen molar-refractivity contribution in [2.45, 2.75) is 33.1 Å². The Balaban J connectivity index is 1.78. The number of carbonyl (C=O) groups excluding carboxylic acids is 2. The molecule has 2 rings (SSSR count). The third-order valence-electron chi connectivity index (χ3n) is 4.15. The van der Waals surface area contributed by atoms with Gasteiger partial charge in [-0.3, -0.25) is 9.59 Å². The minimum atomic E-state index is -0.641. The molecule has 28 heavy (non-hydrogen) atoms. The average Bonchev–Trinajstić information content (AvgIpc) is 2.69. The number of halogens is 1. The molecular weight excluding hydrogens is 367 g/mol. The fraction of sp³-hybridized carbons (Fsp3) is 0.333. The molecule has 0 aliphatic carbocycles. The van der Waals surface area contributed by atoms with Crippen LogP contribution >= 0.6 is 0 Å². The van der Waals surface area contributed by atoms with Crippen molar-refractivity contribution < 1.29 is 33.3 Å². The van der Waals surface area contributed by atoms with Crippen LogP contribution in [-0.4, -0.2) is 30.6 Å². The number of unbranched alkanes of at least 4 members (excludes halogenated alkanes) is 1. The van der Waals surface area contributed by atoms with E-state index in [1.165, 1.54) is 18.2 Å². The smallest absolute Gasteiger partial charge is 0.298 e. The molecule has 6 nitrogen and oxygen atoms in total. The minimum absolute atomic E-state index is 0.0441. The molecule has 0 atom stereocenters. The highest BCUT2D eigenvalue weighted by Crippen LogP contribution is 2.31. The number of phenolic OH excluding ortho intramolecular Hbond substituents is 1. The first-order chi connectivity index (χ1) is 13.5. The van der Waals surface area contributed by atoms with E-state index < -0.39 is 5.82 Å². The van der Waals surface area contributed by atoms with Gasteiger partial charge in [0.1, 0.15) is 17.2 Å². The number of ketones is 1. The summed E-state index contributed by atoms with van der Waals surface area (Å²) < 4.78 is 29.1. The van der Waals surface area contributed by atoms with Gasteiger partial charge in [0, 0.05) is 18.1 Å². The largest absolute Gasteiger partial charge is 0.507 e. The van der Waals surface area contributed by atoms with Gasteiger partial charge in [-0.15, -0.1) is 0 Å². The van der Waals surface area contributed by atoms with Crippen LogP contribution in [0, 0.1) is 12.7 Å². The predicted octanol–water partition coefficient (Wildman–Crippen LogP) is 4.21. The molecule has 0 aromatic heterocycles. The summed E-state index contributed by atoms with van der Waals surface area (Å²) in [5.74, 6) is -0.0604. The fourth-order valence-corrected chi connectivity index (χ4v) is 2.55. The first-order valence-corrected chi connectivity index (χ1v) is 8.99. The van der Waals surface area contributed by atoms with Crippen LogP contribution in [0.4, 0.5) is 4.39 Å². The number of benzene rings is 2. The molecule has 0 amide bonds. The first-order valence-electron chi connectivity index (χ1n) is 8.99. The summed E-state index contributed by atoms with van der Waals surface area (Å²) in [6.45, 7) is 4.39. The van der Waals surface area contributed by atoms with E-state index in [1.54, 1.807) is 26.0 Å². The third-order valence-corrected chi connectivity index (χ3v) is 4.15. The molecule has 2 aromatic carbocycles. The summed E-state index contributed by atoms with van der Waals surface area (Å²) in [6.07, 6.45) is 1.69. The first kappa shape index (κ1) is 21.2. The maximum atomic E-state index is 13.4. The van der Waals surface area contributed by atoms with E-state index in [9.17, 15) is 19.1 Å². The van der Waals surface area contributed by atoms with Crippen LogP contribution in [0.5, 0.6) is 23.0 Å². The minimum Gasteiger partial charge on any atom is -0.507 e. The van der Waals surface area contributed by atoms with E-state index in [-0.39, 0.29) is 23.8 Å². The zero-order valence-corrected chi connectivity index (χ0v) is 15.9. The molecule has 0 aliphatic rings. The van der Waals surface area contributed by atoms with Crippen LogP contribution in [0.15, 0.2) is 30.3 Å². The quantitative estimate of drug-likeness (QED) is 0.352. The number of rotatable bonds is 11. The van der Waals surface area contributed by atoms with Gasteiger partial charge in [0.2, 0.25) is 0 Å². The summed E-state index contributed by atoms with van der Waals surface area (Å²) in [4.78, 5) is 22.1. The van der Waals surface area contributed by atoms with Crippen LogP contribution in [0.1, 0.15) is 42.1 Å². The standard InChI is InChI=1S/C21H23FO6/c1-3-18(24)16-7-9-19(14(2)21(16)25)27-11-5-4-10-26-15-6-8-17(22)20(12-15)28-13-23/h6-9,12-13,25H,3-5,10-11H2,1-2H3. The zero-order valence-electron chi connectivity index (χ0n) is 15.9. The number of phenols is 1. The van der Waals surface area contributed by atoms with E-state index >= 15 is 0 Å². The van der Waals surface area contributed by atoms with Gasteiger partial charge < -0.3 is 19.3 Å². The van der Waals surface area contributed by atoms with Gasteiger partial charge in [-0.25, -0.2) is 4.39 Å². The lowest BCUT2D eigenvalue weighted by Crippen LogP contribution is -2.05. The van der Waals surface area contributed by atoms with Gasteiger partial charge in [-0.05, 0) is 44.0 Å². The molecule has 0 fully saturated rings. The molecule has 0 radical (unpaired) electrons. The molecule has 0 aliphatic heterocycles. The van der Waals surface area contributed by atoms with Crippen molar-refractivity contribution in [1.82, 2.24) is 0 Å². The Morgan fingerprint density at radius 3 is 2.50 bits per heavy atom. The third kappa shape index (κ3) is 5.45. The van der Waals surface area contributed by atoms with Gasteiger partial charge in [0.15, 0.2) is 17.3 Å². The highest BCUT2D eigenvalue weighted by molar-refractivity contribution is 5.99. The van der Waals surface area contributed by atoms with E-state index in [2.05, 4.69) is 4.74 Å². The summed E-state index contributed by atoms with van der Waals surface area (Å²) in [6, 6.07) is 7.18. The van der Waals surface area contributed by atoms with Crippen molar-refractivity contribution in [3.05, 3.63) is 47.3 Å². The highest BCUT2D eigenvalue weighted by Gasteiger charge is 2.14. The van der Waals surface area contributed by atoms with Gasteiger partial charge in [0.05, 0.1) is 18.8 Å². The monoisotopic (exact) mass is 390 g/mol. The van der Waals surface area contributed by atoms with Crippen LogP contribution in [0.2, 0.25) is 0 Å². The highest BCUT2D eigenvalue weighted by atomic mass is 19.1. The van der Waals surface area contributed by atoms with Crippen LogP contribution in [0.25, 0.3) is 0 Å². The van der Waals surface area contributed by atoms with Crippen molar-refractivity contribution in [1.29, 1.82) is 0 Å². The second kappa shape index (κ2) is 10.3. The lowest BCUT2D eigenvalue weighted by Gasteiger charge is -2.13. The van der Waals surface area contributed by atoms with Crippen molar-refractivity contribution in [2.24, 2.45) is 0 Å². The Morgan fingerprint density at radius 2 is 1.82 bits per heavy atom. The number of hydrogen-bond acceptors (Lipinski definition) is 6. The predicted molar refractivity (Wildman–Crippen MR) is 101 cm³/mol. The second-order valence-electron chi connectivity index (χ2n) is 6.07. The Labute approximate surface area is 162 Å². The summed E-state index contributed by atoms with van der Waals surface area (Å²) in [7, 11) is 0. The molecule has 0 unspecified atom stereocenters.